The monoisotopic (exact) mass is 235 g/mol. The second-order valence-corrected chi connectivity index (χ2v) is 5.72. The first-order valence-electron chi connectivity index (χ1n) is 6.00. The summed E-state index contributed by atoms with van der Waals surface area (Å²) in [5.74, 6) is 1.20. The lowest BCUT2D eigenvalue weighted by Gasteiger charge is -2.43. The third-order valence-electron chi connectivity index (χ3n) is 3.05. The summed E-state index contributed by atoms with van der Waals surface area (Å²) in [7, 11) is 0. The third-order valence-corrected chi connectivity index (χ3v) is 3.05. The van der Waals surface area contributed by atoms with Gasteiger partial charge in [-0.1, -0.05) is 0 Å². The second-order valence-electron chi connectivity index (χ2n) is 5.72. The Labute approximate surface area is 103 Å². The van der Waals surface area contributed by atoms with Crippen LogP contribution in [0.5, 0.6) is 5.88 Å². The number of hydrogen-bond donors (Lipinski definition) is 1. The smallest absolute Gasteiger partial charge is 0.239 e. The van der Waals surface area contributed by atoms with Crippen molar-refractivity contribution in [2.24, 2.45) is 0 Å². The Morgan fingerprint density at radius 2 is 2.12 bits per heavy atom. The van der Waals surface area contributed by atoms with E-state index in [2.05, 4.69) is 43.6 Å². The summed E-state index contributed by atoms with van der Waals surface area (Å²) in [6.45, 7) is 11.5. The van der Waals surface area contributed by atoms with Gasteiger partial charge in [-0.15, -0.1) is 0 Å². The molecule has 0 saturated carbocycles. The van der Waals surface area contributed by atoms with Crippen molar-refractivity contribution in [1.82, 2.24) is 4.98 Å². The van der Waals surface area contributed by atoms with Crippen molar-refractivity contribution in [3.05, 3.63) is 11.6 Å². The highest BCUT2D eigenvalue weighted by molar-refractivity contribution is 5.63. The number of fused-ring (bicyclic) bond motifs is 1. The number of pyridine rings is 1. The van der Waals surface area contributed by atoms with Crippen LogP contribution < -0.4 is 15.4 Å². The lowest BCUT2D eigenvalue weighted by Crippen LogP contribution is -2.49. The van der Waals surface area contributed by atoms with Crippen LogP contribution in [-0.2, 0) is 0 Å². The van der Waals surface area contributed by atoms with Crippen LogP contribution in [0.2, 0.25) is 0 Å². The highest BCUT2D eigenvalue weighted by Gasteiger charge is 2.31. The van der Waals surface area contributed by atoms with Crippen LogP contribution in [-0.4, -0.2) is 23.2 Å². The number of nitrogens with zero attached hydrogens (tertiary/aromatic N) is 2. The number of nitrogens with two attached hydrogens (primary N) is 1. The molecule has 1 aliphatic heterocycles. The molecule has 4 nitrogen and oxygen atoms in total. The van der Waals surface area contributed by atoms with E-state index in [0.29, 0.717) is 11.7 Å². The summed E-state index contributed by atoms with van der Waals surface area (Å²) in [4.78, 5) is 6.67. The molecule has 1 atom stereocenters. The molecule has 0 aliphatic carbocycles. The molecule has 1 aromatic rings. The summed E-state index contributed by atoms with van der Waals surface area (Å²) in [5, 5.41) is 0. The summed E-state index contributed by atoms with van der Waals surface area (Å²) in [6, 6.07) is 2.06. The van der Waals surface area contributed by atoms with E-state index >= 15 is 0 Å². The van der Waals surface area contributed by atoms with Crippen molar-refractivity contribution in [3.8, 4) is 5.88 Å². The number of nitrogen functional groups attached to an aromatic ring is 1. The maximum absolute atomic E-state index is 5.83. The van der Waals surface area contributed by atoms with Crippen molar-refractivity contribution < 1.29 is 4.74 Å². The normalized spacial score (nSPS) is 19.8. The standard InChI is InChI=1S/C13H21N3O/c1-8-6-10-12(15-11(8)14)17-9(2)7-16(10)13(3,4)5/h6,9H,7H2,1-5H3,(H2,14,15). The quantitative estimate of drug-likeness (QED) is 0.750. The maximum Gasteiger partial charge on any atom is 0.239 e. The van der Waals surface area contributed by atoms with E-state index in [1.54, 1.807) is 0 Å². The van der Waals surface area contributed by atoms with E-state index in [-0.39, 0.29) is 11.6 Å². The van der Waals surface area contributed by atoms with Gasteiger partial charge in [0.05, 0.1) is 6.54 Å². The molecule has 2 N–H and O–H groups in total. The molecule has 0 fully saturated rings. The average molecular weight is 235 g/mol. The molecule has 94 valence electrons. The van der Waals surface area contributed by atoms with Gasteiger partial charge < -0.3 is 15.4 Å². The van der Waals surface area contributed by atoms with Crippen LogP contribution in [0, 0.1) is 6.92 Å². The van der Waals surface area contributed by atoms with Gasteiger partial charge in [-0.3, -0.25) is 0 Å². The fourth-order valence-corrected chi connectivity index (χ4v) is 2.09. The largest absolute Gasteiger partial charge is 0.471 e. The molecule has 1 unspecified atom stereocenters. The molecule has 0 amide bonds. The van der Waals surface area contributed by atoms with E-state index in [4.69, 9.17) is 10.5 Å². The molecule has 1 aromatic heterocycles. The number of rotatable bonds is 0. The Balaban J connectivity index is 2.53. The molecule has 17 heavy (non-hydrogen) atoms. The molecule has 0 saturated heterocycles. The Bertz CT molecular complexity index is 437. The van der Waals surface area contributed by atoms with E-state index in [9.17, 15) is 0 Å². The predicted octanol–water partition coefficient (Wildman–Crippen LogP) is 2.36. The van der Waals surface area contributed by atoms with Crippen LogP contribution in [0.15, 0.2) is 6.07 Å². The molecular formula is C13H21N3O. The summed E-state index contributed by atoms with van der Waals surface area (Å²) in [5.41, 5.74) is 7.93. The Hall–Kier alpha value is -1.45. The zero-order valence-corrected chi connectivity index (χ0v) is 11.2. The van der Waals surface area contributed by atoms with Crippen LogP contribution in [0.25, 0.3) is 0 Å². The number of aromatic nitrogens is 1. The fraction of sp³-hybridized carbons (Fsp3) is 0.615. The Kier molecular flexibility index (Phi) is 2.68. The van der Waals surface area contributed by atoms with Gasteiger partial charge in [0.25, 0.3) is 0 Å². The lowest BCUT2D eigenvalue weighted by molar-refractivity contribution is 0.193. The van der Waals surface area contributed by atoms with Gasteiger partial charge in [0.15, 0.2) is 0 Å². The van der Waals surface area contributed by atoms with Crippen molar-refractivity contribution in [1.29, 1.82) is 0 Å². The first kappa shape index (κ1) is 12.0. The maximum atomic E-state index is 5.83. The molecule has 0 bridgehead atoms. The topological polar surface area (TPSA) is 51.4 Å². The summed E-state index contributed by atoms with van der Waals surface area (Å²) in [6.07, 6.45) is 0.135. The van der Waals surface area contributed by atoms with Crippen LogP contribution >= 0.6 is 0 Å². The predicted molar refractivity (Wildman–Crippen MR) is 70.6 cm³/mol. The first-order valence-corrected chi connectivity index (χ1v) is 6.00. The van der Waals surface area contributed by atoms with E-state index in [0.717, 1.165) is 17.8 Å². The van der Waals surface area contributed by atoms with Gasteiger partial charge in [0, 0.05) is 5.54 Å². The van der Waals surface area contributed by atoms with Crippen molar-refractivity contribution in [2.45, 2.75) is 46.3 Å². The molecule has 1 aliphatic rings. The Morgan fingerprint density at radius 3 is 2.71 bits per heavy atom. The van der Waals surface area contributed by atoms with Gasteiger partial charge in [0.2, 0.25) is 5.88 Å². The summed E-state index contributed by atoms with van der Waals surface area (Å²) < 4.78 is 5.76. The van der Waals surface area contributed by atoms with Gasteiger partial charge in [-0.05, 0) is 46.2 Å². The number of hydrogen-bond acceptors (Lipinski definition) is 4. The van der Waals surface area contributed by atoms with E-state index in [1.165, 1.54) is 0 Å². The molecular weight excluding hydrogens is 214 g/mol. The van der Waals surface area contributed by atoms with Gasteiger partial charge >= 0.3 is 0 Å². The average Bonchev–Trinajstić information content (AvgIpc) is 2.18. The third kappa shape index (κ3) is 2.16. The minimum absolute atomic E-state index is 0.0526. The fourth-order valence-electron chi connectivity index (χ4n) is 2.09. The SMILES string of the molecule is Cc1cc2c(nc1N)OC(C)CN2C(C)(C)C. The van der Waals surface area contributed by atoms with Gasteiger partial charge in [0.1, 0.15) is 17.6 Å². The van der Waals surface area contributed by atoms with Crippen LogP contribution in [0.4, 0.5) is 11.5 Å². The zero-order chi connectivity index (χ0) is 12.8. The lowest BCUT2D eigenvalue weighted by atomic mass is 10.0. The molecule has 4 heteroatoms. The minimum atomic E-state index is 0.0526. The van der Waals surface area contributed by atoms with Gasteiger partial charge in [-0.2, -0.15) is 4.98 Å². The minimum Gasteiger partial charge on any atom is -0.471 e. The van der Waals surface area contributed by atoms with Crippen molar-refractivity contribution in [3.63, 3.8) is 0 Å². The molecule has 2 rings (SSSR count). The van der Waals surface area contributed by atoms with Gasteiger partial charge in [-0.25, -0.2) is 0 Å². The van der Waals surface area contributed by atoms with Crippen LogP contribution in [0.1, 0.15) is 33.3 Å². The number of aryl methyl sites for hydroxylation is 1. The van der Waals surface area contributed by atoms with E-state index < -0.39 is 0 Å². The zero-order valence-electron chi connectivity index (χ0n) is 11.2. The number of anilines is 2. The second kappa shape index (κ2) is 3.79. The van der Waals surface area contributed by atoms with E-state index in [1.807, 2.05) is 6.92 Å². The van der Waals surface area contributed by atoms with Crippen molar-refractivity contribution in [2.75, 3.05) is 17.2 Å². The summed E-state index contributed by atoms with van der Waals surface area (Å²) >= 11 is 0. The highest BCUT2D eigenvalue weighted by Crippen LogP contribution is 2.37. The molecule has 2 heterocycles. The number of ether oxygens (including phenoxy) is 1. The highest BCUT2D eigenvalue weighted by atomic mass is 16.5. The molecule has 0 spiro atoms. The first-order chi connectivity index (χ1) is 7.79. The molecule has 0 aromatic carbocycles. The Morgan fingerprint density at radius 1 is 1.47 bits per heavy atom. The molecule has 0 radical (unpaired) electrons. The van der Waals surface area contributed by atoms with Crippen LogP contribution in [0.3, 0.4) is 0 Å². The van der Waals surface area contributed by atoms with Crippen molar-refractivity contribution >= 4 is 11.5 Å².